The Balaban J connectivity index is 2.47. The van der Waals surface area contributed by atoms with Crippen LogP contribution in [0.15, 0.2) is 30.3 Å². The van der Waals surface area contributed by atoms with E-state index in [-0.39, 0.29) is 18.5 Å². The molecule has 0 saturated heterocycles. The van der Waals surface area contributed by atoms with Gasteiger partial charge >= 0.3 is 8.80 Å². The summed E-state index contributed by atoms with van der Waals surface area (Å²) < 4.78 is 15.7. The maximum Gasteiger partial charge on any atom is 0.502 e. The van der Waals surface area contributed by atoms with Crippen LogP contribution in [0, 0.1) is 0 Å². The van der Waals surface area contributed by atoms with Crippen molar-refractivity contribution in [3.05, 3.63) is 35.9 Å². The molecule has 1 atom stereocenters. The molecule has 0 spiro atoms. The van der Waals surface area contributed by atoms with E-state index in [2.05, 4.69) is 5.32 Å². The van der Waals surface area contributed by atoms with E-state index in [9.17, 15) is 9.90 Å². The van der Waals surface area contributed by atoms with Crippen LogP contribution in [0.4, 0.5) is 0 Å². The number of aliphatic hydroxyl groups excluding tert-OH is 1. The summed E-state index contributed by atoms with van der Waals surface area (Å²) in [5.74, 6) is -0.232. The van der Waals surface area contributed by atoms with E-state index in [1.807, 2.05) is 6.07 Å². The van der Waals surface area contributed by atoms with Crippen LogP contribution >= 0.6 is 0 Å². The van der Waals surface area contributed by atoms with Gasteiger partial charge in [0, 0.05) is 39.5 Å². The fourth-order valence-corrected chi connectivity index (χ4v) is 3.48. The SMILES string of the molecule is CO[Si](CC(O)CNC(=O)c1ccccc1)(OC)OC. The Morgan fingerprint density at radius 2 is 1.75 bits per heavy atom. The maximum atomic E-state index is 11.8. The molecule has 1 amide bonds. The van der Waals surface area contributed by atoms with Crippen molar-refractivity contribution in [1.29, 1.82) is 0 Å². The minimum atomic E-state index is -2.83. The number of carbonyl (C=O) groups excluding carboxylic acids is 1. The predicted molar refractivity (Wildman–Crippen MR) is 76.4 cm³/mol. The van der Waals surface area contributed by atoms with Crippen molar-refractivity contribution in [2.45, 2.75) is 12.1 Å². The van der Waals surface area contributed by atoms with Crippen LogP contribution in [0.3, 0.4) is 0 Å². The highest BCUT2D eigenvalue weighted by atomic mass is 28.4. The third kappa shape index (κ3) is 4.69. The van der Waals surface area contributed by atoms with E-state index in [0.717, 1.165) is 0 Å². The summed E-state index contributed by atoms with van der Waals surface area (Å²) in [7, 11) is 1.61. The molecule has 0 aliphatic rings. The number of hydrogen-bond acceptors (Lipinski definition) is 5. The molecular weight excluding hydrogens is 278 g/mol. The highest BCUT2D eigenvalue weighted by Crippen LogP contribution is 2.15. The normalized spacial score (nSPS) is 13.0. The first-order valence-electron chi connectivity index (χ1n) is 6.23. The summed E-state index contributed by atoms with van der Waals surface area (Å²) in [4.78, 5) is 11.8. The van der Waals surface area contributed by atoms with Gasteiger partial charge in [-0.15, -0.1) is 0 Å². The molecule has 0 radical (unpaired) electrons. The smallest absolute Gasteiger partial charge is 0.391 e. The standard InChI is InChI=1S/C13H21NO5Si/c1-17-20(18-2,19-3)10-12(15)9-14-13(16)11-7-5-4-6-8-11/h4-8,12,15H,9-10H2,1-3H3,(H,14,16). The average Bonchev–Trinajstić information content (AvgIpc) is 2.51. The first-order valence-corrected chi connectivity index (χ1v) is 8.17. The molecule has 7 heteroatoms. The molecule has 0 aliphatic carbocycles. The van der Waals surface area contributed by atoms with Gasteiger partial charge in [0.05, 0.1) is 6.10 Å². The molecular formula is C13H21NO5Si. The largest absolute Gasteiger partial charge is 0.502 e. The zero-order chi connectivity index (χ0) is 15.0. The molecule has 112 valence electrons. The molecule has 1 aromatic carbocycles. The predicted octanol–water partition coefficient (Wildman–Crippen LogP) is 0.655. The lowest BCUT2D eigenvalue weighted by Gasteiger charge is -2.26. The molecule has 2 N–H and O–H groups in total. The summed E-state index contributed by atoms with van der Waals surface area (Å²) in [6.07, 6.45) is -0.797. The van der Waals surface area contributed by atoms with Gasteiger partial charge in [-0.3, -0.25) is 4.79 Å². The van der Waals surface area contributed by atoms with E-state index < -0.39 is 14.9 Å². The molecule has 6 nitrogen and oxygen atoms in total. The van der Waals surface area contributed by atoms with Crippen molar-refractivity contribution in [1.82, 2.24) is 5.32 Å². The van der Waals surface area contributed by atoms with E-state index in [4.69, 9.17) is 13.3 Å². The molecule has 1 unspecified atom stereocenters. The number of rotatable bonds is 8. The first kappa shape index (κ1) is 16.8. The quantitative estimate of drug-likeness (QED) is 0.689. The number of hydrogen-bond donors (Lipinski definition) is 2. The lowest BCUT2D eigenvalue weighted by Crippen LogP contribution is -2.47. The van der Waals surface area contributed by atoms with Crippen molar-refractivity contribution >= 4 is 14.7 Å². The third-order valence-corrected chi connectivity index (χ3v) is 5.79. The van der Waals surface area contributed by atoms with Gasteiger partial charge in [0.15, 0.2) is 0 Å². The van der Waals surface area contributed by atoms with Crippen LogP contribution < -0.4 is 5.32 Å². The highest BCUT2D eigenvalue weighted by molar-refractivity contribution is 6.60. The lowest BCUT2D eigenvalue weighted by atomic mass is 10.2. The fraction of sp³-hybridized carbons (Fsp3) is 0.462. The van der Waals surface area contributed by atoms with E-state index in [1.54, 1.807) is 24.3 Å². The van der Waals surface area contributed by atoms with Crippen LogP contribution in [-0.4, -0.2) is 53.8 Å². The second kappa shape index (κ2) is 8.13. The van der Waals surface area contributed by atoms with E-state index >= 15 is 0 Å². The topological polar surface area (TPSA) is 77.0 Å². The summed E-state index contributed by atoms with van der Waals surface area (Å²) in [5.41, 5.74) is 0.549. The number of benzene rings is 1. The minimum Gasteiger partial charge on any atom is -0.391 e. The molecule has 1 rings (SSSR count). The Hall–Kier alpha value is -1.25. The maximum absolute atomic E-state index is 11.8. The van der Waals surface area contributed by atoms with Crippen molar-refractivity contribution in [2.24, 2.45) is 0 Å². The number of aliphatic hydroxyl groups is 1. The summed E-state index contributed by atoms with van der Waals surface area (Å²) in [5, 5.41) is 12.6. The van der Waals surface area contributed by atoms with Gasteiger partial charge in [-0.05, 0) is 12.1 Å². The van der Waals surface area contributed by atoms with E-state index in [1.165, 1.54) is 21.3 Å². The zero-order valence-electron chi connectivity index (χ0n) is 12.0. The van der Waals surface area contributed by atoms with Crippen LogP contribution in [0.2, 0.25) is 6.04 Å². The summed E-state index contributed by atoms with van der Waals surface area (Å²) in [6, 6.07) is 9.03. The molecule has 0 aromatic heterocycles. The van der Waals surface area contributed by atoms with Crippen LogP contribution in [0.25, 0.3) is 0 Å². The van der Waals surface area contributed by atoms with Gasteiger partial charge in [-0.1, -0.05) is 18.2 Å². The Bertz CT molecular complexity index is 402. The number of amides is 1. The third-order valence-electron chi connectivity index (χ3n) is 2.95. The summed E-state index contributed by atoms with van der Waals surface area (Å²) in [6.45, 7) is 0.110. The van der Waals surface area contributed by atoms with Crippen molar-refractivity contribution < 1.29 is 23.2 Å². The Morgan fingerprint density at radius 1 is 1.20 bits per heavy atom. The van der Waals surface area contributed by atoms with E-state index in [0.29, 0.717) is 5.56 Å². The minimum absolute atomic E-state index is 0.110. The molecule has 20 heavy (non-hydrogen) atoms. The molecule has 0 fully saturated rings. The average molecular weight is 299 g/mol. The van der Waals surface area contributed by atoms with Gasteiger partial charge in [0.2, 0.25) is 0 Å². The highest BCUT2D eigenvalue weighted by Gasteiger charge is 2.40. The Kier molecular flexibility index (Phi) is 6.83. The van der Waals surface area contributed by atoms with Gasteiger partial charge in [0.1, 0.15) is 0 Å². The van der Waals surface area contributed by atoms with Crippen molar-refractivity contribution in [3.8, 4) is 0 Å². The monoisotopic (exact) mass is 299 g/mol. The van der Waals surface area contributed by atoms with Crippen LogP contribution in [0.5, 0.6) is 0 Å². The van der Waals surface area contributed by atoms with Gasteiger partial charge < -0.3 is 23.7 Å². The first-order chi connectivity index (χ1) is 9.56. The Morgan fingerprint density at radius 3 is 2.25 bits per heavy atom. The number of carbonyl (C=O) groups is 1. The van der Waals surface area contributed by atoms with Gasteiger partial charge in [-0.25, -0.2) is 0 Å². The van der Waals surface area contributed by atoms with Crippen LogP contribution in [-0.2, 0) is 13.3 Å². The molecule has 0 saturated carbocycles. The Labute approximate surface area is 120 Å². The molecule has 1 aromatic rings. The molecule has 0 aliphatic heterocycles. The summed E-state index contributed by atoms with van der Waals surface area (Å²) >= 11 is 0. The fourth-order valence-electron chi connectivity index (χ4n) is 1.76. The molecule has 0 heterocycles. The van der Waals surface area contributed by atoms with Crippen LogP contribution in [0.1, 0.15) is 10.4 Å². The zero-order valence-corrected chi connectivity index (χ0v) is 13.0. The van der Waals surface area contributed by atoms with Crippen molar-refractivity contribution in [3.63, 3.8) is 0 Å². The molecule has 0 bridgehead atoms. The lowest BCUT2D eigenvalue weighted by molar-refractivity contribution is 0.0854. The van der Waals surface area contributed by atoms with Gasteiger partial charge in [-0.2, -0.15) is 0 Å². The number of nitrogens with one attached hydrogen (secondary N) is 1. The second-order valence-electron chi connectivity index (χ2n) is 4.23. The van der Waals surface area contributed by atoms with Gasteiger partial charge in [0.25, 0.3) is 5.91 Å². The second-order valence-corrected chi connectivity index (χ2v) is 7.23. The van der Waals surface area contributed by atoms with Crippen molar-refractivity contribution in [2.75, 3.05) is 27.9 Å².